The molecule has 0 aliphatic heterocycles. The minimum atomic E-state index is -4.96. The Balaban J connectivity index is 5.23. The maximum absolute atomic E-state index is 13.1. The fourth-order valence-electron chi connectivity index (χ4n) is 12.0. The summed E-state index contributed by atoms with van der Waals surface area (Å²) >= 11 is 0. The van der Waals surface area contributed by atoms with E-state index in [1.54, 1.807) is 0 Å². The number of unbranched alkanes of at least 4 members (excludes halogenated alkanes) is 41. The standard InChI is InChI=1S/C79H154O17P2/c1-9-72(8)58-50-42-37-38-44-52-60-77(82)90-66-75(96-78(83)61-53-45-35-29-22-18-12-10-11-15-19-25-31-39-47-55-69(2)3)68-94-98(87,88)92-64-73(80)63-91-97(85,86)93-67-74(95-79(84)62-54-46-36-30-24-23-27-33-41-49-57-71(6)7)65-89-76(81)59-51-43-34-28-21-17-14-13-16-20-26-32-40-48-56-70(4)5/h69-75,80H,9-68H2,1-8H3,(H,85,86)(H,87,88)/t72?,73-,74-,75-/m1/s1. The molecule has 98 heavy (non-hydrogen) atoms. The minimum Gasteiger partial charge on any atom is -0.462 e. The summed E-state index contributed by atoms with van der Waals surface area (Å²) in [5.74, 6) is 0.967. The van der Waals surface area contributed by atoms with Gasteiger partial charge in [-0.1, -0.05) is 351 Å². The van der Waals surface area contributed by atoms with Crippen molar-refractivity contribution in [2.24, 2.45) is 23.7 Å². The van der Waals surface area contributed by atoms with Crippen molar-refractivity contribution in [3.8, 4) is 0 Å². The Labute approximate surface area is 600 Å². The Bertz CT molecular complexity index is 1920. The van der Waals surface area contributed by atoms with E-state index in [-0.39, 0.29) is 25.7 Å². The fourth-order valence-corrected chi connectivity index (χ4v) is 13.6. The van der Waals surface area contributed by atoms with Gasteiger partial charge in [-0.25, -0.2) is 9.13 Å². The zero-order valence-corrected chi connectivity index (χ0v) is 66.2. The molecule has 0 aliphatic carbocycles. The van der Waals surface area contributed by atoms with Crippen LogP contribution in [0, 0.1) is 23.7 Å². The van der Waals surface area contributed by atoms with Gasteiger partial charge in [0.2, 0.25) is 0 Å². The predicted molar refractivity (Wildman–Crippen MR) is 400 cm³/mol. The predicted octanol–water partition coefficient (Wildman–Crippen LogP) is 23.2. The molecule has 0 saturated heterocycles. The first-order valence-corrected chi connectivity index (χ1v) is 43.7. The van der Waals surface area contributed by atoms with Crippen molar-refractivity contribution in [2.45, 2.75) is 420 Å². The molecule has 0 rings (SSSR count). The summed E-state index contributed by atoms with van der Waals surface area (Å²) < 4.78 is 68.6. The van der Waals surface area contributed by atoms with Gasteiger partial charge >= 0.3 is 39.5 Å². The highest BCUT2D eigenvalue weighted by Gasteiger charge is 2.30. The van der Waals surface area contributed by atoms with Crippen LogP contribution < -0.4 is 0 Å². The van der Waals surface area contributed by atoms with E-state index in [1.165, 1.54) is 199 Å². The van der Waals surface area contributed by atoms with Crippen molar-refractivity contribution in [2.75, 3.05) is 39.6 Å². The minimum absolute atomic E-state index is 0.106. The third-order valence-corrected chi connectivity index (χ3v) is 20.6. The summed E-state index contributed by atoms with van der Waals surface area (Å²) in [5, 5.41) is 10.6. The maximum Gasteiger partial charge on any atom is 0.472 e. The van der Waals surface area contributed by atoms with Crippen molar-refractivity contribution >= 4 is 39.5 Å². The molecule has 0 bridgehead atoms. The van der Waals surface area contributed by atoms with Gasteiger partial charge in [0.15, 0.2) is 12.2 Å². The molecule has 0 heterocycles. The van der Waals surface area contributed by atoms with Gasteiger partial charge < -0.3 is 33.8 Å². The Morgan fingerprint density at radius 2 is 0.490 bits per heavy atom. The highest BCUT2D eigenvalue weighted by atomic mass is 31.2. The van der Waals surface area contributed by atoms with Crippen LogP contribution >= 0.6 is 15.6 Å². The number of hydrogen-bond donors (Lipinski definition) is 3. The van der Waals surface area contributed by atoms with E-state index in [4.69, 9.17) is 37.0 Å². The van der Waals surface area contributed by atoms with E-state index in [1.807, 2.05) is 0 Å². The van der Waals surface area contributed by atoms with Crippen LogP contribution in [0.2, 0.25) is 0 Å². The first kappa shape index (κ1) is 96.1. The van der Waals surface area contributed by atoms with Gasteiger partial charge in [0.25, 0.3) is 0 Å². The van der Waals surface area contributed by atoms with Gasteiger partial charge in [-0.2, -0.15) is 0 Å². The maximum atomic E-state index is 13.1. The summed E-state index contributed by atoms with van der Waals surface area (Å²) in [6, 6.07) is 0. The number of aliphatic hydroxyl groups is 1. The second-order valence-electron chi connectivity index (χ2n) is 30.1. The number of esters is 4. The molecule has 0 amide bonds. The molecule has 0 spiro atoms. The molecule has 17 nitrogen and oxygen atoms in total. The Hall–Kier alpha value is -1.94. The summed E-state index contributed by atoms with van der Waals surface area (Å²) in [6.07, 6.45) is 54.1. The molecular formula is C79H154O17P2. The van der Waals surface area contributed by atoms with Gasteiger partial charge in [-0.05, 0) is 49.4 Å². The van der Waals surface area contributed by atoms with Crippen molar-refractivity contribution in [1.82, 2.24) is 0 Å². The third-order valence-electron chi connectivity index (χ3n) is 18.7. The van der Waals surface area contributed by atoms with Crippen LogP contribution in [-0.4, -0.2) is 96.7 Å². The molecule has 0 aromatic carbocycles. The Morgan fingerprint density at radius 1 is 0.286 bits per heavy atom. The smallest absolute Gasteiger partial charge is 0.462 e. The lowest BCUT2D eigenvalue weighted by molar-refractivity contribution is -0.161. The summed E-state index contributed by atoms with van der Waals surface area (Å²) in [7, 11) is -9.92. The molecule has 0 fully saturated rings. The SMILES string of the molecule is CCC(C)CCCCCCCCC(=O)OC[C@H](COP(=O)(O)OC[C@H](O)COP(=O)(O)OC[C@@H](COC(=O)CCCCCCCCCCCCCCCCC(C)C)OC(=O)CCCCCCCCCCCCC(C)C)OC(=O)CCCCCCCCCCCCCCCCCC(C)C. The second-order valence-corrected chi connectivity index (χ2v) is 33.0. The summed E-state index contributed by atoms with van der Waals surface area (Å²) in [4.78, 5) is 72.9. The zero-order chi connectivity index (χ0) is 72.4. The lowest BCUT2D eigenvalue weighted by Crippen LogP contribution is -2.30. The van der Waals surface area contributed by atoms with Crippen LogP contribution in [0.1, 0.15) is 402 Å². The Kier molecular flexibility index (Phi) is 66.8. The van der Waals surface area contributed by atoms with Crippen LogP contribution in [0.5, 0.6) is 0 Å². The first-order valence-electron chi connectivity index (χ1n) is 40.7. The van der Waals surface area contributed by atoms with Crippen LogP contribution in [0.15, 0.2) is 0 Å². The normalized spacial score (nSPS) is 14.3. The number of carbonyl (C=O) groups is 4. The van der Waals surface area contributed by atoms with Crippen LogP contribution in [0.25, 0.3) is 0 Å². The number of aliphatic hydroxyl groups excluding tert-OH is 1. The van der Waals surface area contributed by atoms with Crippen molar-refractivity contribution in [1.29, 1.82) is 0 Å². The lowest BCUT2D eigenvalue weighted by Gasteiger charge is -2.21. The molecule has 3 N–H and O–H groups in total. The van der Waals surface area contributed by atoms with Gasteiger partial charge in [-0.3, -0.25) is 37.3 Å². The average molecular weight is 1440 g/mol. The molecule has 0 radical (unpaired) electrons. The van der Waals surface area contributed by atoms with E-state index < -0.39 is 97.5 Å². The van der Waals surface area contributed by atoms with E-state index in [9.17, 15) is 43.2 Å². The molecule has 0 saturated carbocycles. The number of rotatable bonds is 76. The second kappa shape index (κ2) is 68.2. The molecular weight excluding hydrogens is 1280 g/mol. The number of phosphoric acid groups is 2. The van der Waals surface area contributed by atoms with Gasteiger partial charge in [0.1, 0.15) is 19.3 Å². The van der Waals surface area contributed by atoms with E-state index in [2.05, 4.69) is 55.4 Å². The number of phosphoric ester groups is 2. The van der Waals surface area contributed by atoms with E-state index in [0.29, 0.717) is 25.7 Å². The number of carbonyl (C=O) groups excluding carboxylic acids is 4. The molecule has 582 valence electrons. The van der Waals surface area contributed by atoms with Crippen molar-refractivity contribution in [3.05, 3.63) is 0 Å². The monoisotopic (exact) mass is 1440 g/mol. The van der Waals surface area contributed by atoms with Crippen LogP contribution in [-0.2, 0) is 65.4 Å². The lowest BCUT2D eigenvalue weighted by atomic mass is 10.00. The quantitative estimate of drug-likeness (QED) is 0.0222. The van der Waals surface area contributed by atoms with E-state index >= 15 is 0 Å². The molecule has 6 atom stereocenters. The van der Waals surface area contributed by atoms with E-state index in [0.717, 1.165) is 120 Å². The highest BCUT2D eigenvalue weighted by molar-refractivity contribution is 7.47. The third kappa shape index (κ3) is 71.1. The largest absolute Gasteiger partial charge is 0.472 e. The first-order chi connectivity index (χ1) is 47.1. The molecule has 19 heteroatoms. The highest BCUT2D eigenvalue weighted by Crippen LogP contribution is 2.45. The molecule has 0 aliphatic rings. The van der Waals surface area contributed by atoms with Crippen LogP contribution in [0.3, 0.4) is 0 Å². The number of hydrogen-bond acceptors (Lipinski definition) is 15. The van der Waals surface area contributed by atoms with Crippen molar-refractivity contribution in [3.63, 3.8) is 0 Å². The van der Waals surface area contributed by atoms with Crippen LogP contribution in [0.4, 0.5) is 0 Å². The topological polar surface area (TPSA) is 237 Å². The Morgan fingerprint density at radius 3 is 0.724 bits per heavy atom. The summed E-state index contributed by atoms with van der Waals surface area (Å²) in [5.41, 5.74) is 0. The van der Waals surface area contributed by atoms with Gasteiger partial charge in [-0.15, -0.1) is 0 Å². The van der Waals surface area contributed by atoms with Gasteiger partial charge in [0, 0.05) is 25.7 Å². The zero-order valence-electron chi connectivity index (χ0n) is 64.4. The fraction of sp³-hybridized carbons (Fsp3) is 0.949. The average Bonchev–Trinajstić information content (AvgIpc) is 1.15. The number of ether oxygens (including phenoxy) is 4. The molecule has 0 aromatic heterocycles. The molecule has 0 aromatic rings. The van der Waals surface area contributed by atoms with Crippen molar-refractivity contribution < 1.29 is 80.2 Å². The molecule has 3 unspecified atom stereocenters. The summed E-state index contributed by atoms with van der Waals surface area (Å²) in [6.45, 7) is 14.2. The van der Waals surface area contributed by atoms with Gasteiger partial charge in [0.05, 0.1) is 26.4 Å².